The maximum Gasteiger partial charge on any atom is 0.335 e. The molecule has 1 saturated heterocycles. The maximum absolute atomic E-state index is 13.0. The van der Waals surface area contributed by atoms with Gasteiger partial charge in [0.15, 0.2) is 17.5 Å². The number of barbiturate groups is 1. The zero-order valence-electron chi connectivity index (χ0n) is 8.67. The molecule has 1 heterocycles. The van der Waals surface area contributed by atoms with Crippen molar-refractivity contribution in [2.45, 2.75) is 6.42 Å². The zero-order chi connectivity index (χ0) is 13.4. The SMILES string of the molecule is O=C1CC(=O)N(c2cc(F)c(F)c(F)c2)C(=O)N1. The molecule has 0 saturated carbocycles. The predicted molar refractivity (Wildman–Crippen MR) is 52.0 cm³/mol. The molecule has 0 aliphatic carbocycles. The first-order valence-electron chi connectivity index (χ1n) is 4.71. The van der Waals surface area contributed by atoms with Crippen LogP contribution in [-0.4, -0.2) is 17.8 Å². The first-order chi connectivity index (χ1) is 8.40. The third-order valence-electron chi connectivity index (χ3n) is 2.24. The molecular formula is C10H5F3N2O3. The van der Waals surface area contributed by atoms with E-state index in [1.54, 1.807) is 5.32 Å². The quantitative estimate of drug-likeness (QED) is 0.605. The lowest BCUT2D eigenvalue weighted by molar-refractivity contribution is -0.128. The number of hydrogen-bond donors (Lipinski definition) is 1. The van der Waals surface area contributed by atoms with E-state index in [0.29, 0.717) is 17.0 Å². The summed E-state index contributed by atoms with van der Waals surface area (Å²) in [5.74, 6) is -6.55. The third-order valence-corrected chi connectivity index (χ3v) is 2.24. The van der Waals surface area contributed by atoms with Crippen LogP contribution in [0.1, 0.15) is 6.42 Å². The summed E-state index contributed by atoms with van der Waals surface area (Å²) in [5, 5.41) is 1.80. The van der Waals surface area contributed by atoms with Crippen LogP contribution in [0.15, 0.2) is 12.1 Å². The summed E-state index contributed by atoms with van der Waals surface area (Å²) < 4.78 is 38.7. The second kappa shape index (κ2) is 4.13. The summed E-state index contributed by atoms with van der Waals surface area (Å²) in [6.07, 6.45) is -0.633. The number of halogens is 3. The van der Waals surface area contributed by atoms with E-state index in [1.807, 2.05) is 0 Å². The molecule has 18 heavy (non-hydrogen) atoms. The van der Waals surface area contributed by atoms with Crippen LogP contribution in [0, 0.1) is 17.5 Å². The molecule has 1 aliphatic heterocycles. The lowest BCUT2D eigenvalue weighted by Gasteiger charge is -2.24. The lowest BCUT2D eigenvalue weighted by Crippen LogP contribution is -2.53. The van der Waals surface area contributed by atoms with Crippen molar-refractivity contribution >= 4 is 23.5 Å². The molecule has 1 aromatic carbocycles. The highest BCUT2D eigenvalue weighted by molar-refractivity contribution is 6.26. The smallest absolute Gasteiger partial charge is 0.277 e. The molecule has 0 aromatic heterocycles. The van der Waals surface area contributed by atoms with Crippen molar-refractivity contribution in [3.05, 3.63) is 29.6 Å². The highest BCUT2D eigenvalue weighted by atomic mass is 19.2. The predicted octanol–water partition coefficient (Wildman–Crippen LogP) is 1.08. The number of urea groups is 1. The number of hydrogen-bond acceptors (Lipinski definition) is 3. The molecule has 1 aliphatic rings. The Kier molecular flexibility index (Phi) is 2.77. The molecule has 0 radical (unpaired) electrons. The number of nitrogens with one attached hydrogen (secondary N) is 1. The Hall–Kier alpha value is -2.38. The average molecular weight is 258 g/mol. The molecule has 0 unspecified atom stereocenters. The highest BCUT2D eigenvalue weighted by Crippen LogP contribution is 2.23. The van der Waals surface area contributed by atoms with E-state index in [-0.39, 0.29) is 0 Å². The van der Waals surface area contributed by atoms with E-state index in [2.05, 4.69) is 0 Å². The number of carbonyl (C=O) groups is 3. The molecule has 2 rings (SSSR count). The molecular weight excluding hydrogens is 253 g/mol. The molecule has 0 atom stereocenters. The topological polar surface area (TPSA) is 66.5 Å². The second-order valence-corrected chi connectivity index (χ2v) is 3.48. The van der Waals surface area contributed by atoms with Crippen molar-refractivity contribution in [1.82, 2.24) is 5.32 Å². The first-order valence-corrected chi connectivity index (χ1v) is 4.71. The fourth-order valence-corrected chi connectivity index (χ4v) is 1.48. The highest BCUT2D eigenvalue weighted by Gasteiger charge is 2.33. The Labute approximate surface area is 98.2 Å². The van der Waals surface area contributed by atoms with Crippen molar-refractivity contribution in [2.24, 2.45) is 0 Å². The van der Waals surface area contributed by atoms with Crippen molar-refractivity contribution in [1.29, 1.82) is 0 Å². The van der Waals surface area contributed by atoms with Gasteiger partial charge < -0.3 is 0 Å². The number of amides is 4. The van der Waals surface area contributed by atoms with Crippen LogP contribution in [0.4, 0.5) is 23.7 Å². The standard InChI is InChI=1S/C10H5F3N2O3/c11-5-1-4(2-6(12)9(5)13)15-8(17)3-7(16)14-10(15)18/h1-2H,3H2,(H,14,16,18). The minimum atomic E-state index is -1.71. The Morgan fingerprint density at radius 3 is 2.11 bits per heavy atom. The van der Waals surface area contributed by atoms with E-state index in [0.717, 1.165) is 0 Å². The molecule has 1 aromatic rings. The van der Waals surface area contributed by atoms with Crippen LogP contribution in [0.5, 0.6) is 0 Å². The number of benzene rings is 1. The maximum atomic E-state index is 13.0. The molecule has 94 valence electrons. The normalized spacial score (nSPS) is 15.9. The Morgan fingerprint density at radius 2 is 1.61 bits per heavy atom. The molecule has 4 amide bonds. The van der Waals surface area contributed by atoms with Crippen molar-refractivity contribution in [3.63, 3.8) is 0 Å². The summed E-state index contributed by atoms with van der Waals surface area (Å²) >= 11 is 0. The van der Waals surface area contributed by atoms with E-state index in [9.17, 15) is 27.6 Å². The van der Waals surface area contributed by atoms with Crippen molar-refractivity contribution in [3.8, 4) is 0 Å². The van der Waals surface area contributed by atoms with Gasteiger partial charge in [0, 0.05) is 12.1 Å². The number of imide groups is 2. The van der Waals surface area contributed by atoms with Crippen molar-refractivity contribution < 1.29 is 27.6 Å². The van der Waals surface area contributed by atoms with Crippen LogP contribution >= 0.6 is 0 Å². The molecule has 8 heteroatoms. The van der Waals surface area contributed by atoms with Gasteiger partial charge in [-0.1, -0.05) is 0 Å². The minimum Gasteiger partial charge on any atom is -0.277 e. The van der Waals surface area contributed by atoms with Gasteiger partial charge in [-0.3, -0.25) is 14.9 Å². The number of nitrogens with zero attached hydrogens (tertiary/aromatic N) is 1. The van der Waals surface area contributed by atoms with Gasteiger partial charge in [0.05, 0.1) is 5.69 Å². The van der Waals surface area contributed by atoms with Crippen LogP contribution in [-0.2, 0) is 9.59 Å². The number of carbonyl (C=O) groups excluding carboxylic acids is 3. The van der Waals surface area contributed by atoms with Gasteiger partial charge in [-0.2, -0.15) is 0 Å². The Bertz CT molecular complexity index is 530. The van der Waals surface area contributed by atoms with E-state index >= 15 is 0 Å². The fraction of sp³-hybridized carbons (Fsp3) is 0.100. The largest absolute Gasteiger partial charge is 0.335 e. The van der Waals surface area contributed by atoms with Gasteiger partial charge in [-0.15, -0.1) is 0 Å². The molecule has 0 bridgehead atoms. The van der Waals surface area contributed by atoms with Crippen LogP contribution in [0.2, 0.25) is 0 Å². The summed E-state index contributed by atoms with van der Waals surface area (Å²) in [4.78, 5) is 34.0. The second-order valence-electron chi connectivity index (χ2n) is 3.48. The summed E-state index contributed by atoms with van der Waals surface area (Å²) in [5.41, 5.74) is -0.485. The lowest BCUT2D eigenvalue weighted by atomic mass is 10.2. The van der Waals surface area contributed by atoms with E-state index < -0.39 is 47.4 Å². The van der Waals surface area contributed by atoms with Crippen LogP contribution in [0.25, 0.3) is 0 Å². The zero-order valence-corrected chi connectivity index (χ0v) is 8.67. The van der Waals surface area contributed by atoms with Crippen molar-refractivity contribution in [2.75, 3.05) is 4.90 Å². The Balaban J connectivity index is 2.45. The molecule has 1 fully saturated rings. The van der Waals surface area contributed by atoms with Gasteiger partial charge in [-0.25, -0.2) is 22.9 Å². The van der Waals surface area contributed by atoms with Gasteiger partial charge in [-0.05, 0) is 0 Å². The van der Waals surface area contributed by atoms with Crippen LogP contribution < -0.4 is 10.2 Å². The minimum absolute atomic E-state index is 0.368. The molecule has 5 nitrogen and oxygen atoms in total. The van der Waals surface area contributed by atoms with Gasteiger partial charge >= 0.3 is 6.03 Å². The molecule has 0 spiro atoms. The average Bonchev–Trinajstić information content (AvgIpc) is 2.24. The van der Waals surface area contributed by atoms with Crippen LogP contribution in [0.3, 0.4) is 0 Å². The van der Waals surface area contributed by atoms with E-state index in [4.69, 9.17) is 0 Å². The Morgan fingerprint density at radius 1 is 1.06 bits per heavy atom. The summed E-state index contributed by atoms with van der Waals surface area (Å²) in [7, 11) is 0. The van der Waals surface area contributed by atoms with Gasteiger partial charge in [0.25, 0.3) is 0 Å². The summed E-state index contributed by atoms with van der Waals surface area (Å²) in [6, 6.07) is -0.154. The molecule has 1 N–H and O–H groups in total. The first kappa shape index (κ1) is 12.1. The monoisotopic (exact) mass is 258 g/mol. The third kappa shape index (κ3) is 1.92. The number of anilines is 1. The summed E-state index contributed by atoms with van der Waals surface area (Å²) in [6.45, 7) is 0. The number of rotatable bonds is 1. The van der Waals surface area contributed by atoms with Gasteiger partial charge in [0.1, 0.15) is 6.42 Å². The fourth-order valence-electron chi connectivity index (χ4n) is 1.48. The van der Waals surface area contributed by atoms with Gasteiger partial charge in [0.2, 0.25) is 11.8 Å². The van der Waals surface area contributed by atoms with E-state index in [1.165, 1.54) is 0 Å².